The van der Waals surface area contributed by atoms with Gasteiger partial charge < -0.3 is 15.4 Å². The van der Waals surface area contributed by atoms with E-state index in [1.54, 1.807) is 0 Å². The van der Waals surface area contributed by atoms with Crippen LogP contribution in [0.15, 0.2) is 18.2 Å². The molecule has 1 aromatic carbocycles. The Labute approximate surface area is 178 Å². The highest BCUT2D eigenvalue weighted by Gasteiger charge is 2.55. The van der Waals surface area contributed by atoms with Gasteiger partial charge in [-0.1, -0.05) is 26.7 Å². The van der Waals surface area contributed by atoms with Gasteiger partial charge in [0.15, 0.2) is 0 Å². The van der Waals surface area contributed by atoms with Gasteiger partial charge in [0, 0.05) is 0 Å². The average molecular weight is 441 g/mol. The minimum Gasteiger partial charge on any atom is -0.491 e. The molecule has 10 heteroatoms. The van der Waals surface area contributed by atoms with Crippen molar-refractivity contribution in [2.45, 2.75) is 57.7 Å². The molecular weight excluding hydrogens is 415 g/mol. The fourth-order valence-corrected chi connectivity index (χ4v) is 4.11. The van der Waals surface area contributed by atoms with Crippen LogP contribution in [0.3, 0.4) is 0 Å². The Hall–Kier alpha value is -2.78. The first-order valence-electron chi connectivity index (χ1n) is 10.4. The Morgan fingerprint density at radius 3 is 2.71 bits per heavy atom. The van der Waals surface area contributed by atoms with E-state index < -0.39 is 41.7 Å². The van der Waals surface area contributed by atoms with Gasteiger partial charge in [-0.25, -0.2) is 4.79 Å². The van der Waals surface area contributed by atoms with Crippen LogP contribution in [0.5, 0.6) is 5.75 Å². The molecule has 170 valence electrons. The fraction of sp³-hybridized carbons (Fsp3) is 0.571. The maximum Gasteiger partial charge on any atom is 0.416 e. The number of hydrogen-bond acceptors (Lipinski definition) is 4. The molecule has 1 aliphatic carbocycles. The molecule has 0 aromatic heterocycles. The van der Waals surface area contributed by atoms with E-state index in [0.717, 1.165) is 42.4 Å². The zero-order valence-corrected chi connectivity index (χ0v) is 17.5. The van der Waals surface area contributed by atoms with Crippen LogP contribution in [0.1, 0.15) is 51.5 Å². The molecule has 2 atom stereocenters. The van der Waals surface area contributed by atoms with Gasteiger partial charge in [-0.3, -0.25) is 14.5 Å². The van der Waals surface area contributed by atoms with Crippen molar-refractivity contribution in [3.05, 3.63) is 23.8 Å². The SMILES string of the molecule is CCCOc1ccc(C(F)(F)F)cc1NC(=O)CN1C(=O)N[C@@]2(CCCC[C@H]2C)C1=O. The minimum absolute atomic E-state index is 0.0664. The number of hydrogen-bond donors (Lipinski definition) is 2. The molecule has 0 bridgehead atoms. The van der Waals surface area contributed by atoms with E-state index in [0.29, 0.717) is 12.8 Å². The van der Waals surface area contributed by atoms with Crippen LogP contribution in [-0.4, -0.2) is 41.4 Å². The predicted octanol–water partition coefficient (Wildman–Crippen LogP) is 3.93. The highest BCUT2D eigenvalue weighted by Crippen LogP contribution is 2.38. The Morgan fingerprint density at radius 2 is 2.06 bits per heavy atom. The number of benzene rings is 1. The quantitative estimate of drug-likeness (QED) is 0.655. The third-order valence-electron chi connectivity index (χ3n) is 5.85. The summed E-state index contributed by atoms with van der Waals surface area (Å²) < 4.78 is 44.7. The summed E-state index contributed by atoms with van der Waals surface area (Å²) in [4.78, 5) is 38.8. The highest BCUT2D eigenvalue weighted by molar-refractivity contribution is 6.10. The smallest absolute Gasteiger partial charge is 0.416 e. The zero-order valence-electron chi connectivity index (χ0n) is 17.5. The Balaban J connectivity index is 1.77. The number of ether oxygens (including phenoxy) is 1. The minimum atomic E-state index is -4.60. The van der Waals surface area contributed by atoms with E-state index >= 15 is 0 Å². The molecule has 2 fully saturated rings. The van der Waals surface area contributed by atoms with E-state index in [9.17, 15) is 27.6 Å². The second-order valence-corrected chi connectivity index (χ2v) is 8.04. The van der Waals surface area contributed by atoms with E-state index in [-0.39, 0.29) is 24.0 Å². The number of nitrogens with zero attached hydrogens (tertiary/aromatic N) is 1. The molecule has 3 rings (SSSR count). The molecule has 4 amide bonds. The van der Waals surface area contributed by atoms with Gasteiger partial charge in [0.05, 0.1) is 17.9 Å². The van der Waals surface area contributed by atoms with Crippen LogP contribution in [0.2, 0.25) is 0 Å². The molecule has 0 unspecified atom stereocenters. The molecule has 7 nitrogen and oxygen atoms in total. The second kappa shape index (κ2) is 8.76. The summed E-state index contributed by atoms with van der Waals surface area (Å²) in [5.41, 5.74) is -2.13. The van der Waals surface area contributed by atoms with Crippen molar-refractivity contribution in [2.24, 2.45) is 5.92 Å². The number of nitrogens with one attached hydrogen (secondary N) is 2. The molecule has 0 radical (unpaired) electrons. The molecular formula is C21H26F3N3O4. The maximum atomic E-state index is 13.1. The second-order valence-electron chi connectivity index (χ2n) is 8.04. The lowest BCUT2D eigenvalue weighted by Crippen LogP contribution is -2.54. The summed E-state index contributed by atoms with van der Waals surface area (Å²) in [5, 5.41) is 5.11. The zero-order chi connectivity index (χ0) is 22.8. The highest BCUT2D eigenvalue weighted by atomic mass is 19.4. The lowest BCUT2D eigenvalue weighted by Gasteiger charge is -2.36. The van der Waals surface area contributed by atoms with Gasteiger partial charge in [0.2, 0.25) is 5.91 Å². The van der Waals surface area contributed by atoms with Crippen LogP contribution in [0, 0.1) is 5.92 Å². The summed E-state index contributed by atoms with van der Waals surface area (Å²) in [6, 6.07) is 2.12. The van der Waals surface area contributed by atoms with Gasteiger partial charge in [0.1, 0.15) is 17.8 Å². The van der Waals surface area contributed by atoms with Crippen LogP contribution in [0.25, 0.3) is 0 Å². The molecule has 2 N–H and O–H groups in total. The Morgan fingerprint density at radius 1 is 1.32 bits per heavy atom. The molecule has 1 saturated carbocycles. The Bertz CT molecular complexity index is 874. The number of carbonyl (C=O) groups is 3. The number of amides is 4. The number of urea groups is 1. The van der Waals surface area contributed by atoms with E-state index in [1.807, 2.05) is 13.8 Å². The number of alkyl halides is 3. The van der Waals surface area contributed by atoms with Crippen molar-refractivity contribution in [3.63, 3.8) is 0 Å². The van der Waals surface area contributed by atoms with Crippen molar-refractivity contribution >= 4 is 23.5 Å². The topological polar surface area (TPSA) is 87.7 Å². The van der Waals surface area contributed by atoms with E-state index in [4.69, 9.17) is 4.74 Å². The van der Waals surface area contributed by atoms with Crippen LogP contribution >= 0.6 is 0 Å². The van der Waals surface area contributed by atoms with Crippen LogP contribution in [-0.2, 0) is 15.8 Å². The molecule has 2 aliphatic rings. The number of anilines is 1. The summed E-state index contributed by atoms with van der Waals surface area (Å²) in [6.07, 6.45) is -0.941. The average Bonchev–Trinajstić information content (AvgIpc) is 2.93. The first-order valence-corrected chi connectivity index (χ1v) is 10.4. The van der Waals surface area contributed by atoms with Crippen molar-refractivity contribution < 1.29 is 32.3 Å². The number of carbonyl (C=O) groups excluding carboxylic acids is 3. The van der Waals surface area contributed by atoms with Crippen molar-refractivity contribution in [2.75, 3.05) is 18.5 Å². The van der Waals surface area contributed by atoms with Gasteiger partial charge in [-0.15, -0.1) is 0 Å². The van der Waals surface area contributed by atoms with Crippen molar-refractivity contribution in [3.8, 4) is 5.75 Å². The fourth-order valence-electron chi connectivity index (χ4n) is 4.11. The molecule has 1 spiro atoms. The first kappa shape index (κ1) is 22.9. The monoisotopic (exact) mass is 441 g/mol. The third kappa shape index (κ3) is 4.62. The van der Waals surface area contributed by atoms with Crippen molar-refractivity contribution in [1.82, 2.24) is 10.2 Å². The number of imide groups is 1. The van der Waals surface area contributed by atoms with E-state index in [1.165, 1.54) is 0 Å². The summed E-state index contributed by atoms with van der Waals surface area (Å²) in [7, 11) is 0. The van der Waals surface area contributed by atoms with Crippen LogP contribution in [0.4, 0.5) is 23.7 Å². The van der Waals surface area contributed by atoms with Gasteiger partial charge in [-0.2, -0.15) is 13.2 Å². The van der Waals surface area contributed by atoms with Gasteiger partial charge in [0.25, 0.3) is 5.91 Å². The molecule has 1 heterocycles. The first-order chi connectivity index (χ1) is 14.6. The lowest BCUT2D eigenvalue weighted by atomic mass is 9.73. The molecule has 31 heavy (non-hydrogen) atoms. The van der Waals surface area contributed by atoms with E-state index in [2.05, 4.69) is 10.6 Å². The summed E-state index contributed by atoms with van der Waals surface area (Å²) >= 11 is 0. The molecule has 1 aliphatic heterocycles. The maximum absolute atomic E-state index is 13.1. The van der Waals surface area contributed by atoms with Gasteiger partial charge in [-0.05, 0) is 43.4 Å². The third-order valence-corrected chi connectivity index (χ3v) is 5.85. The van der Waals surface area contributed by atoms with Crippen LogP contribution < -0.4 is 15.4 Å². The lowest BCUT2D eigenvalue weighted by molar-refractivity contribution is -0.137. The summed E-state index contributed by atoms with van der Waals surface area (Å²) in [5.74, 6) is -1.24. The predicted molar refractivity (Wildman–Crippen MR) is 106 cm³/mol. The normalized spacial score (nSPS) is 23.8. The molecule has 1 aromatic rings. The van der Waals surface area contributed by atoms with Crippen molar-refractivity contribution in [1.29, 1.82) is 0 Å². The largest absolute Gasteiger partial charge is 0.491 e. The molecule has 1 saturated heterocycles. The van der Waals surface area contributed by atoms with Gasteiger partial charge >= 0.3 is 12.2 Å². The standard InChI is InChI=1S/C21H26F3N3O4/c1-3-10-31-16-8-7-14(21(22,23)24)11-15(16)25-17(28)12-27-18(29)20(26-19(27)30)9-5-4-6-13(20)2/h7-8,11,13H,3-6,9-10,12H2,1-2H3,(H,25,28)(H,26,30)/t13-,20-/m1/s1. The number of halogens is 3. The number of rotatable bonds is 6. The summed E-state index contributed by atoms with van der Waals surface area (Å²) in [6.45, 7) is 3.38. The Kier molecular flexibility index (Phi) is 6.47.